The zero-order valence-corrected chi connectivity index (χ0v) is 11.4. The first-order chi connectivity index (χ1) is 7.38. The molecule has 1 rings (SSSR count). The molecule has 0 spiro atoms. The topological polar surface area (TPSA) is 12.9 Å². The molecule has 1 aromatic heterocycles. The minimum Gasteiger partial charge on any atom is -0.265 e. The zero-order valence-electron chi connectivity index (χ0n) is 10.4. The summed E-state index contributed by atoms with van der Waals surface area (Å²) < 4.78 is 0. The van der Waals surface area contributed by atoms with Crippen LogP contribution >= 0.6 is 0 Å². The summed E-state index contributed by atoms with van der Waals surface area (Å²) >= 11 is 0. The number of aromatic nitrogens is 1. The summed E-state index contributed by atoms with van der Waals surface area (Å²) in [5, 5.41) is 0. The number of hydrogen-bond acceptors (Lipinski definition) is 1. The van der Waals surface area contributed by atoms with E-state index in [0.717, 1.165) is 5.92 Å². The molecule has 1 nitrogen and oxygen atoms in total. The first-order valence-electron chi connectivity index (χ1n) is 6.28. The van der Waals surface area contributed by atoms with Gasteiger partial charge in [0.2, 0.25) is 0 Å². The van der Waals surface area contributed by atoms with E-state index in [1.807, 2.05) is 12.4 Å². The maximum Gasteiger partial charge on any atom is 0.0270 e. The molecule has 0 fully saturated rings. The summed E-state index contributed by atoms with van der Waals surface area (Å²) in [7, 11) is 0. The fraction of sp³-hybridized carbons (Fsp3) is 0.643. The second-order valence-corrected chi connectivity index (χ2v) is 4.26. The van der Waals surface area contributed by atoms with Gasteiger partial charge in [-0.3, -0.25) is 4.98 Å². The van der Waals surface area contributed by atoms with Crippen molar-refractivity contribution in [2.24, 2.45) is 0 Å². The molecule has 0 bridgehead atoms. The van der Waals surface area contributed by atoms with Crippen LogP contribution < -0.4 is 0 Å². The molecular formula is C14H23NNi. The molecule has 0 aliphatic rings. The summed E-state index contributed by atoms with van der Waals surface area (Å²) in [5.41, 5.74) is 1.48. The van der Waals surface area contributed by atoms with Crippen molar-refractivity contribution in [3.8, 4) is 0 Å². The Balaban J connectivity index is 0.00000225. The zero-order chi connectivity index (χ0) is 10.9. The maximum absolute atomic E-state index is 4.09. The minimum atomic E-state index is 0. The van der Waals surface area contributed by atoms with Gasteiger partial charge in [0.25, 0.3) is 0 Å². The van der Waals surface area contributed by atoms with Crippen molar-refractivity contribution in [1.82, 2.24) is 4.98 Å². The molecule has 2 heteroatoms. The number of hydrogen-bond donors (Lipinski definition) is 0. The van der Waals surface area contributed by atoms with Crippen LogP contribution in [-0.4, -0.2) is 4.98 Å². The number of unbranched alkanes of at least 4 members (excludes halogenated alkanes) is 2. The van der Waals surface area contributed by atoms with Gasteiger partial charge in [-0.05, 0) is 36.5 Å². The number of nitrogens with zero attached hydrogens (tertiary/aromatic N) is 1. The Labute approximate surface area is 110 Å². The van der Waals surface area contributed by atoms with Crippen LogP contribution in [0.3, 0.4) is 0 Å². The van der Waals surface area contributed by atoms with E-state index < -0.39 is 0 Å². The maximum atomic E-state index is 4.09. The molecular weight excluding hydrogens is 241 g/mol. The molecule has 0 aliphatic heterocycles. The third kappa shape index (κ3) is 5.65. The first kappa shape index (κ1) is 15.6. The van der Waals surface area contributed by atoms with Gasteiger partial charge in [-0.1, -0.05) is 39.5 Å². The Hall–Kier alpha value is -0.356. The van der Waals surface area contributed by atoms with E-state index in [4.69, 9.17) is 0 Å². The Morgan fingerprint density at radius 2 is 1.50 bits per heavy atom. The average molecular weight is 264 g/mol. The SMILES string of the molecule is CCCCC(CCCC)c1ccncc1.[Ni]. The van der Waals surface area contributed by atoms with Crippen LogP contribution in [0.2, 0.25) is 0 Å². The van der Waals surface area contributed by atoms with Gasteiger partial charge < -0.3 is 0 Å². The van der Waals surface area contributed by atoms with Crippen molar-refractivity contribution < 1.29 is 16.5 Å². The molecule has 94 valence electrons. The molecule has 0 saturated carbocycles. The summed E-state index contributed by atoms with van der Waals surface area (Å²) in [5.74, 6) is 0.757. The van der Waals surface area contributed by atoms with Crippen LogP contribution in [-0.2, 0) is 16.5 Å². The molecule has 0 unspecified atom stereocenters. The molecule has 0 radical (unpaired) electrons. The molecule has 0 saturated heterocycles. The van der Waals surface area contributed by atoms with Gasteiger partial charge in [0.05, 0.1) is 0 Å². The molecule has 0 aliphatic carbocycles. The van der Waals surface area contributed by atoms with Gasteiger partial charge in [-0.25, -0.2) is 0 Å². The van der Waals surface area contributed by atoms with E-state index in [0.29, 0.717) is 0 Å². The van der Waals surface area contributed by atoms with Gasteiger partial charge in [0.15, 0.2) is 0 Å². The Kier molecular flexibility index (Phi) is 9.62. The van der Waals surface area contributed by atoms with E-state index in [-0.39, 0.29) is 16.5 Å². The third-order valence-corrected chi connectivity index (χ3v) is 2.99. The summed E-state index contributed by atoms with van der Waals surface area (Å²) in [4.78, 5) is 4.09. The van der Waals surface area contributed by atoms with E-state index in [2.05, 4.69) is 31.0 Å². The summed E-state index contributed by atoms with van der Waals surface area (Å²) in [6.45, 7) is 4.53. The predicted molar refractivity (Wildman–Crippen MR) is 66.0 cm³/mol. The molecule has 16 heavy (non-hydrogen) atoms. The minimum absolute atomic E-state index is 0. The van der Waals surface area contributed by atoms with Crippen LogP contribution in [0.5, 0.6) is 0 Å². The Morgan fingerprint density at radius 3 is 1.94 bits per heavy atom. The first-order valence-corrected chi connectivity index (χ1v) is 6.28. The van der Waals surface area contributed by atoms with E-state index in [1.165, 1.54) is 44.1 Å². The smallest absolute Gasteiger partial charge is 0.0270 e. The van der Waals surface area contributed by atoms with Crippen molar-refractivity contribution in [1.29, 1.82) is 0 Å². The van der Waals surface area contributed by atoms with E-state index >= 15 is 0 Å². The van der Waals surface area contributed by atoms with Gasteiger partial charge in [-0.15, -0.1) is 0 Å². The largest absolute Gasteiger partial charge is 0.265 e. The molecule has 0 N–H and O–H groups in total. The molecule has 1 aromatic rings. The van der Waals surface area contributed by atoms with Crippen molar-refractivity contribution in [3.05, 3.63) is 30.1 Å². The number of pyridine rings is 1. The van der Waals surface area contributed by atoms with Crippen LogP contribution in [0.15, 0.2) is 24.5 Å². The van der Waals surface area contributed by atoms with Crippen LogP contribution in [0.25, 0.3) is 0 Å². The van der Waals surface area contributed by atoms with Gasteiger partial charge in [0.1, 0.15) is 0 Å². The molecule has 0 aromatic carbocycles. The van der Waals surface area contributed by atoms with Crippen LogP contribution in [0.1, 0.15) is 63.9 Å². The third-order valence-electron chi connectivity index (χ3n) is 2.99. The second-order valence-electron chi connectivity index (χ2n) is 4.26. The molecule has 1 heterocycles. The van der Waals surface area contributed by atoms with E-state index in [1.54, 1.807) is 0 Å². The summed E-state index contributed by atoms with van der Waals surface area (Å²) in [6, 6.07) is 4.35. The van der Waals surface area contributed by atoms with Crippen molar-refractivity contribution in [2.45, 2.75) is 58.3 Å². The van der Waals surface area contributed by atoms with Crippen LogP contribution in [0.4, 0.5) is 0 Å². The second kappa shape index (κ2) is 9.84. The monoisotopic (exact) mass is 263 g/mol. The van der Waals surface area contributed by atoms with Gasteiger partial charge in [-0.2, -0.15) is 0 Å². The molecule has 0 atom stereocenters. The van der Waals surface area contributed by atoms with E-state index in [9.17, 15) is 0 Å². The average Bonchev–Trinajstić information content (AvgIpc) is 2.30. The fourth-order valence-electron chi connectivity index (χ4n) is 2.01. The predicted octanol–water partition coefficient (Wildman–Crippen LogP) is 4.54. The fourth-order valence-corrected chi connectivity index (χ4v) is 2.01. The standard InChI is InChI=1S/C14H23N.Ni/c1-3-5-7-13(8-6-4-2)14-9-11-15-12-10-14;/h9-13H,3-8H2,1-2H3;. The Morgan fingerprint density at radius 1 is 1.00 bits per heavy atom. The number of rotatable bonds is 7. The van der Waals surface area contributed by atoms with Crippen molar-refractivity contribution in [3.63, 3.8) is 0 Å². The Bertz CT molecular complexity index is 240. The normalized spacial score (nSPS) is 10.2. The van der Waals surface area contributed by atoms with Crippen molar-refractivity contribution >= 4 is 0 Å². The quantitative estimate of drug-likeness (QED) is 0.658. The van der Waals surface area contributed by atoms with Gasteiger partial charge in [0, 0.05) is 28.9 Å². The van der Waals surface area contributed by atoms with Crippen molar-refractivity contribution in [2.75, 3.05) is 0 Å². The van der Waals surface area contributed by atoms with Gasteiger partial charge >= 0.3 is 0 Å². The van der Waals surface area contributed by atoms with Crippen LogP contribution in [0, 0.1) is 0 Å². The summed E-state index contributed by atoms with van der Waals surface area (Å²) in [6.07, 6.45) is 11.8. The molecule has 0 amide bonds.